The van der Waals surface area contributed by atoms with Crippen LogP contribution in [0.2, 0.25) is 0 Å². The third-order valence-electron chi connectivity index (χ3n) is 3.58. The van der Waals surface area contributed by atoms with Gasteiger partial charge < -0.3 is 10.5 Å². The van der Waals surface area contributed by atoms with Crippen molar-refractivity contribution in [2.75, 3.05) is 13.7 Å². The Morgan fingerprint density at radius 3 is 2.63 bits per heavy atom. The van der Waals surface area contributed by atoms with Gasteiger partial charge in [0, 0.05) is 0 Å². The molecule has 0 bridgehead atoms. The fourth-order valence-corrected chi connectivity index (χ4v) is 2.47. The van der Waals surface area contributed by atoms with E-state index in [1.165, 1.54) is 35.6 Å². The second-order valence-corrected chi connectivity index (χ2v) is 4.96. The van der Waals surface area contributed by atoms with Crippen LogP contribution in [0, 0.1) is 0 Å². The van der Waals surface area contributed by atoms with Crippen molar-refractivity contribution in [1.29, 1.82) is 0 Å². The summed E-state index contributed by atoms with van der Waals surface area (Å²) in [6.45, 7) is 0.811. The molecule has 2 aromatic carbocycles. The summed E-state index contributed by atoms with van der Waals surface area (Å²) < 4.78 is 5.32. The number of nitrogens with two attached hydrogens (primary N) is 1. The highest BCUT2D eigenvalue weighted by atomic mass is 16.5. The molecule has 0 saturated carbocycles. The highest BCUT2D eigenvalue weighted by molar-refractivity contribution is 5.87. The number of ether oxygens (including phenoxy) is 1. The minimum Gasteiger partial charge on any atom is -0.497 e. The molecule has 0 atom stereocenters. The molecule has 0 aliphatic rings. The van der Waals surface area contributed by atoms with E-state index in [0.29, 0.717) is 0 Å². The Morgan fingerprint density at radius 1 is 1.00 bits per heavy atom. The summed E-state index contributed by atoms with van der Waals surface area (Å²) in [7, 11) is 1.72. The van der Waals surface area contributed by atoms with Gasteiger partial charge in [0.05, 0.1) is 7.11 Å². The average molecular weight is 257 g/mol. The van der Waals surface area contributed by atoms with Crippen LogP contribution in [-0.2, 0) is 6.42 Å². The Balaban J connectivity index is 2.08. The topological polar surface area (TPSA) is 35.2 Å². The molecule has 0 aromatic heterocycles. The summed E-state index contributed by atoms with van der Waals surface area (Å²) >= 11 is 0. The number of rotatable bonds is 7. The molecule has 2 nitrogen and oxygen atoms in total. The zero-order valence-electron chi connectivity index (χ0n) is 11.7. The highest BCUT2D eigenvalue weighted by Crippen LogP contribution is 2.25. The number of benzene rings is 2. The second kappa shape index (κ2) is 7.15. The first-order valence-corrected chi connectivity index (χ1v) is 7.11. The SMILES string of the molecule is COc1ccc2cccc(CCCCCCN)c2c1. The quantitative estimate of drug-likeness (QED) is 0.763. The number of fused-ring (bicyclic) bond motifs is 1. The van der Waals surface area contributed by atoms with Crippen LogP contribution in [-0.4, -0.2) is 13.7 Å². The van der Waals surface area contributed by atoms with Crippen LogP contribution in [0.5, 0.6) is 5.75 Å². The van der Waals surface area contributed by atoms with E-state index in [9.17, 15) is 0 Å². The molecule has 2 heteroatoms. The minimum atomic E-state index is 0.811. The number of unbranched alkanes of at least 4 members (excludes halogenated alkanes) is 3. The van der Waals surface area contributed by atoms with E-state index in [0.717, 1.165) is 25.1 Å². The van der Waals surface area contributed by atoms with Crippen molar-refractivity contribution in [2.45, 2.75) is 32.1 Å². The van der Waals surface area contributed by atoms with Crippen LogP contribution >= 0.6 is 0 Å². The summed E-state index contributed by atoms with van der Waals surface area (Å²) in [6.07, 6.45) is 6.01. The summed E-state index contributed by atoms with van der Waals surface area (Å²) in [5, 5.41) is 2.61. The molecule has 2 N–H and O–H groups in total. The standard InChI is InChI=1S/C17H23NO/c1-19-16-11-10-15-9-6-8-14(17(15)13-16)7-4-2-3-5-12-18/h6,8-11,13H,2-5,7,12,18H2,1H3. The monoisotopic (exact) mass is 257 g/mol. The van der Waals surface area contributed by atoms with E-state index in [2.05, 4.69) is 30.3 Å². The molecule has 2 rings (SSSR count). The largest absolute Gasteiger partial charge is 0.497 e. The summed E-state index contributed by atoms with van der Waals surface area (Å²) in [5.41, 5.74) is 6.93. The zero-order chi connectivity index (χ0) is 13.5. The maximum Gasteiger partial charge on any atom is 0.119 e. The first kappa shape index (κ1) is 13.9. The van der Waals surface area contributed by atoms with Crippen LogP contribution in [0.4, 0.5) is 0 Å². The second-order valence-electron chi connectivity index (χ2n) is 4.96. The van der Waals surface area contributed by atoms with Gasteiger partial charge in [-0.25, -0.2) is 0 Å². The molecule has 0 heterocycles. The third-order valence-corrected chi connectivity index (χ3v) is 3.58. The number of aryl methyl sites for hydroxylation is 1. The fraction of sp³-hybridized carbons (Fsp3) is 0.412. The average Bonchev–Trinajstić information content (AvgIpc) is 2.46. The van der Waals surface area contributed by atoms with Gasteiger partial charge in [-0.05, 0) is 54.3 Å². The van der Waals surface area contributed by atoms with Gasteiger partial charge in [0.15, 0.2) is 0 Å². The van der Waals surface area contributed by atoms with Crippen molar-refractivity contribution in [1.82, 2.24) is 0 Å². The first-order valence-electron chi connectivity index (χ1n) is 7.11. The lowest BCUT2D eigenvalue weighted by atomic mass is 9.99. The molecule has 0 fully saturated rings. The Hall–Kier alpha value is -1.54. The van der Waals surface area contributed by atoms with Gasteiger partial charge in [-0.2, -0.15) is 0 Å². The van der Waals surface area contributed by atoms with Crippen LogP contribution < -0.4 is 10.5 Å². The van der Waals surface area contributed by atoms with Gasteiger partial charge in [-0.15, -0.1) is 0 Å². The lowest BCUT2D eigenvalue weighted by Gasteiger charge is -2.08. The number of hydrogen-bond acceptors (Lipinski definition) is 2. The summed E-state index contributed by atoms with van der Waals surface area (Å²) in [4.78, 5) is 0. The van der Waals surface area contributed by atoms with E-state index >= 15 is 0 Å². The molecular weight excluding hydrogens is 234 g/mol. The van der Waals surface area contributed by atoms with Crippen LogP contribution in [0.25, 0.3) is 10.8 Å². The van der Waals surface area contributed by atoms with Gasteiger partial charge in [0.1, 0.15) is 5.75 Å². The molecule has 0 amide bonds. The normalized spacial score (nSPS) is 10.8. The first-order chi connectivity index (χ1) is 9.35. The molecule has 0 unspecified atom stereocenters. The van der Waals surface area contributed by atoms with Gasteiger partial charge in [0.2, 0.25) is 0 Å². The van der Waals surface area contributed by atoms with Crippen molar-refractivity contribution in [3.05, 3.63) is 42.0 Å². The van der Waals surface area contributed by atoms with Crippen molar-refractivity contribution in [3.8, 4) is 5.75 Å². The molecule has 0 radical (unpaired) electrons. The van der Waals surface area contributed by atoms with Crippen LogP contribution in [0.3, 0.4) is 0 Å². The van der Waals surface area contributed by atoms with Crippen LogP contribution in [0.1, 0.15) is 31.2 Å². The minimum absolute atomic E-state index is 0.811. The molecule has 102 valence electrons. The number of hydrogen-bond donors (Lipinski definition) is 1. The highest BCUT2D eigenvalue weighted by Gasteiger charge is 2.02. The maximum absolute atomic E-state index is 5.51. The van der Waals surface area contributed by atoms with E-state index in [1.54, 1.807) is 7.11 Å². The van der Waals surface area contributed by atoms with Crippen molar-refractivity contribution >= 4 is 10.8 Å². The van der Waals surface area contributed by atoms with Crippen LogP contribution in [0.15, 0.2) is 36.4 Å². The number of methoxy groups -OCH3 is 1. The van der Waals surface area contributed by atoms with Gasteiger partial charge in [-0.3, -0.25) is 0 Å². The van der Waals surface area contributed by atoms with Crippen molar-refractivity contribution < 1.29 is 4.74 Å². The lowest BCUT2D eigenvalue weighted by Crippen LogP contribution is -1.98. The zero-order valence-corrected chi connectivity index (χ0v) is 11.7. The van der Waals surface area contributed by atoms with Gasteiger partial charge >= 0.3 is 0 Å². The fourth-order valence-electron chi connectivity index (χ4n) is 2.47. The molecule has 2 aromatic rings. The van der Waals surface area contributed by atoms with E-state index < -0.39 is 0 Å². The summed E-state index contributed by atoms with van der Waals surface area (Å²) in [5.74, 6) is 0.933. The molecular formula is C17H23NO. The van der Waals surface area contributed by atoms with Gasteiger partial charge in [0.25, 0.3) is 0 Å². The third kappa shape index (κ3) is 3.71. The summed E-state index contributed by atoms with van der Waals surface area (Å²) in [6, 6.07) is 12.8. The molecule has 0 spiro atoms. The predicted molar refractivity (Wildman–Crippen MR) is 81.7 cm³/mol. The lowest BCUT2D eigenvalue weighted by molar-refractivity contribution is 0.415. The van der Waals surface area contributed by atoms with Gasteiger partial charge in [-0.1, -0.05) is 37.1 Å². The smallest absolute Gasteiger partial charge is 0.119 e. The predicted octanol–water partition coefficient (Wildman–Crippen LogP) is 3.91. The maximum atomic E-state index is 5.51. The Kier molecular flexibility index (Phi) is 5.22. The molecule has 19 heavy (non-hydrogen) atoms. The van der Waals surface area contributed by atoms with Crippen molar-refractivity contribution in [3.63, 3.8) is 0 Å². The molecule has 0 aliphatic heterocycles. The Bertz CT molecular complexity index is 522. The Labute approximate surface area is 115 Å². The van der Waals surface area contributed by atoms with E-state index in [4.69, 9.17) is 10.5 Å². The molecule has 0 aliphatic carbocycles. The van der Waals surface area contributed by atoms with E-state index in [1.807, 2.05) is 6.07 Å². The van der Waals surface area contributed by atoms with E-state index in [-0.39, 0.29) is 0 Å². The Morgan fingerprint density at radius 2 is 1.84 bits per heavy atom. The molecule has 0 saturated heterocycles. The van der Waals surface area contributed by atoms with Crippen molar-refractivity contribution in [2.24, 2.45) is 5.73 Å².